The van der Waals surface area contributed by atoms with Crippen LogP contribution in [0.25, 0.3) is 0 Å². The molecule has 0 atom stereocenters. The van der Waals surface area contributed by atoms with Crippen molar-refractivity contribution in [3.05, 3.63) is 34.2 Å². The predicted molar refractivity (Wildman–Crippen MR) is 66.8 cm³/mol. The van der Waals surface area contributed by atoms with Crippen LogP contribution in [0.1, 0.15) is 19.4 Å². The molecule has 17 heavy (non-hydrogen) atoms. The summed E-state index contributed by atoms with van der Waals surface area (Å²) >= 11 is 0. The highest BCUT2D eigenvalue weighted by Gasteiger charge is 2.30. The van der Waals surface area contributed by atoms with Crippen molar-refractivity contribution < 1.29 is 4.79 Å². The first kappa shape index (κ1) is 13.4. The lowest BCUT2D eigenvalue weighted by molar-refractivity contribution is -0.128. The molecule has 0 spiro atoms. The fraction of sp³-hybridized carbons (Fsp3) is 0.500. The Morgan fingerprint density at radius 2 is 2.18 bits per heavy atom. The smallest absolute Gasteiger partial charge is 0.254 e. The van der Waals surface area contributed by atoms with Gasteiger partial charge in [0.05, 0.1) is 0 Å². The van der Waals surface area contributed by atoms with Crippen molar-refractivity contribution in [2.24, 2.45) is 5.73 Å². The number of hydrogen-bond acceptors (Lipinski definition) is 3. The topological polar surface area (TPSA) is 77.1 Å². The molecule has 1 amide bonds. The molecule has 0 unspecified atom stereocenters. The van der Waals surface area contributed by atoms with Gasteiger partial charge >= 0.3 is 0 Å². The van der Waals surface area contributed by atoms with Crippen LogP contribution in [-0.2, 0) is 10.3 Å². The second-order valence-corrected chi connectivity index (χ2v) is 4.47. The number of nitrogens with zero attached hydrogens (tertiary/aromatic N) is 1. The summed E-state index contributed by atoms with van der Waals surface area (Å²) in [4.78, 5) is 23.9. The van der Waals surface area contributed by atoms with E-state index in [4.69, 9.17) is 5.73 Å². The van der Waals surface area contributed by atoms with Crippen LogP contribution in [0.4, 0.5) is 0 Å². The molecule has 0 aromatic carbocycles. The summed E-state index contributed by atoms with van der Waals surface area (Å²) in [6.45, 7) is 5.93. The SMILES string of the molecule is Cc1cccn(C(C)(C)C(=O)NCCN)c1=O. The van der Waals surface area contributed by atoms with Gasteiger partial charge in [-0.3, -0.25) is 9.59 Å². The lowest BCUT2D eigenvalue weighted by Crippen LogP contribution is -2.49. The molecule has 3 N–H and O–H groups in total. The highest BCUT2D eigenvalue weighted by Crippen LogP contribution is 2.12. The highest BCUT2D eigenvalue weighted by molar-refractivity contribution is 5.83. The molecule has 1 heterocycles. The summed E-state index contributed by atoms with van der Waals surface area (Å²) in [5.41, 5.74) is 4.88. The number of rotatable bonds is 4. The van der Waals surface area contributed by atoms with E-state index < -0.39 is 5.54 Å². The largest absolute Gasteiger partial charge is 0.353 e. The summed E-state index contributed by atoms with van der Waals surface area (Å²) in [5.74, 6) is -0.212. The minimum Gasteiger partial charge on any atom is -0.353 e. The Balaban J connectivity index is 3.08. The molecule has 0 saturated heterocycles. The molecule has 5 nitrogen and oxygen atoms in total. The number of nitrogens with one attached hydrogen (secondary N) is 1. The van der Waals surface area contributed by atoms with E-state index in [2.05, 4.69) is 5.32 Å². The molecular formula is C12H19N3O2. The van der Waals surface area contributed by atoms with Gasteiger partial charge in [0, 0.05) is 24.8 Å². The Kier molecular flexibility index (Phi) is 4.07. The van der Waals surface area contributed by atoms with Gasteiger partial charge in [-0.25, -0.2) is 0 Å². The average Bonchev–Trinajstić information content (AvgIpc) is 2.29. The van der Waals surface area contributed by atoms with Crippen molar-refractivity contribution >= 4 is 5.91 Å². The number of carbonyl (C=O) groups excluding carboxylic acids is 1. The Labute approximate surface area is 101 Å². The van der Waals surface area contributed by atoms with Crippen LogP contribution in [-0.4, -0.2) is 23.6 Å². The van der Waals surface area contributed by atoms with Gasteiger partial charge in [-0.15, -0.1) is 0 Å². The molecule has 1 rings (SSSR count). The molecule has 0 aliphatic rings. The molecule has 0 bridgehead atoms. The van der Waals surface area contributed by atoms with E-state index in [1.807, 2.05) is 0 Å². The van der Waals surface area contributed by atoms with Gasteiger partial charge < -0.3 is 15.6 Å². The minimum absolute atomic E-state index is 0.152. The fourth-order valence-corrected chi connectivity index (χ4v) is 1.55. The van der Waals surface area contributed by atoms with Crippen LogP contribution >= 0.6 is 0 Å². The van der Waals surface area contributed by atoms with E-state index in [9.17, 15) is 9.59 Å². The first-order valence-electron chi connectivity index (χ1n) is 5.58. The lowest BCUT2D eigenvalue weighted by Gasteiger charge is -2.26. The second kappa shape index (κ2) is 5.14. The van der Waals surface area contributed by atoms with Crippen molar-refractivity contribution in [2.45, 2.75) is 26.3 Å². The van der Waals surface area contributed by atoms with Gasteiger partial charge in [0.2, 0.25) is 5.91 Å². The summed E-state index contributed by atoms with van der Waals surface area (Å²) in [5, 5.41) is 2.69. The zero-order valence-electron chi connectivity index (χ0n) is 10.5. The van der Waals surface area contributed by atoms with E-state index in [1.54, 1.807) is 39.1 Å². The second-order valence-electron chi connectivity index (χ2n) is 4.47. The number of nitrogens with two attached hydrogens (primary N) is 1. The fourth-order valence-electron chi connectivity index (χ4n) is 1.55. The van der Waals surface area contributed by atoms with Crippen LogP contribution in [0.15, 0.2) is 23.1 Å². The first-order chi connectivity index (χ1) is 7.91. The van der Waals surface area contributed by atoms with Crippen molar-refractivity contribution in [3.8, 4) is 0 Å². The Morgan fingerprint density at radius 1 is 1.53 bits per heavy atom. The molecule has 0 saturated carbocycles. The van der Waals surface area contributed by atoms with Crippen LogP contribution in [0.3, 0.4) is 0 Å². The van der Waals surface area contributed by atoms with E-state index >= 15 is 0 Å². The van der Waals surface area contributed by atoms with Crippen molar-refractivity contribution in [2.75, 3.05) is 13.1 Å². The molecule has 0 radical (unpaired) electrons. The summed E-state index contributed by atoms with van der Waals surface area (Å²) in [6, 6.07) is 3.49. The third-order valence-corrected chi connectivity index (χ3v) is 2.73. The number of amides is 1. The minimum atomic E-state index is -0.918. The average molecular weight is 237 g/mol. The van der Waals surface area contributed by atoms with Crippen molar-refractivity contribution in [3.63, 3.8) is 0 Å². The quantitative estimate of drug-likeness (QED) is 0.772. The maximum atomic E-state index is 12.0. The van der Waals surface area contributed by atoms with Crippen molar-refractivity contribution in [1.82, 2.24) is 9.88 Å². The van der Waals surface area contributed by atoms with Gasteiger partial charge in [-0.2, -0.15) is 0 Å². The first-order valence-corrected chi connectivity index (χ1v) is 5.58. The molecule has 0 fully saturated rings. The zero-order valence-corrected chi connectivity index (χ0v) is 10.5. The lowest BCUT2D eigenvalue weighted by atomic mass is 10.0. The van der Waals surface area contributed by atoms with Gasteiger partial charge in [0.1, 0.15) is 5.54 Å². The number of carbonyl (C=O) groups is 1. The number of hydrogen-bond donors (Lipinski definition) is 2. The molecular weight excluding hydrogens is 218 g/mol. The zero-order chi connectivity index (χ0) is 13.1. The van der Waals surface area contributed by atoms with Crippen LogP contribution in [0.2, 0.25) is 0 Å². The Morgan fingerprint density at radius 3 is 2.76 bits per heavy atom. The number of aryl methyl sites for hydroxylation is 1. The maximum absolute atomic E-state index is 12.0. The molecule has 0 aliphatic carbocycles. The summed E-state index contributed by atoms with van der Waals surface area (Å²) in [7, 11) is 0. The van der Waals surface area contributed by atoms with Gasteiger partial charge in [0.25, 0.3) is 5.56 Å². The molecule has 1 aromatic heterocycles. The summed E-state index contributed by atoms with van der Waals surface area (Å²) in [6.07, 6.45) is 1.62. The van der Waals surface area contributed by atoms with Crippen molar-refractivity contribution in [1.29, 1.82) is 0 Å². The van der Waals surface area contributed by atoms with E-state index in [0.29, 0.717) is 18.7 Å². The third kappa shape index (κ3) is 2.74. The highest BCUT2D eigenvalue weighted by atomic mass is 16.2. The van der Waals surface area contributed by atoms with Crippen LogP contribution in [0, 0.1) is 6.92 Å². The number of aromatic nitrogens is 1. The molecule has 0 aliphatic heterocycles. The Bertz CT molecular complexity index is 463. The molecule has 5 heteroatoms. The van der Waals surface area contributed by atoms with Crippen LogP contribution in [0.5, 0.6) is 0 Å². The predicted octanol–water partition coefficient (Wildman–Crippen LogP) is -0.0333. The normalized spacial score (nSPS) is 11.3. The maximum Gasteiger partial charge on any atom is 0.254 e. The summed E-state index contributed by atoms with van der Waals surface area (Å²) < 4.78 is 1.44. The monoisotopic (exact) mass is 237 g/mol. The van der Waals surface area contributed by atoms with Gasteiger partial charge in [-0.05, 0) is 26.8 Å². The van der Waals surface area contributed by atoms with E-state index in [0.717, 1.165) is 0 Å². The molecule has 1 aromatic rings. The molecule has 94 valence electrons. The Hall–Kier alpha value is -1.62. The van der Waals surface area contributed by atoms with Gasteiger partial charge in [-0.1, -0.05) is 6.07 Å². The van der Waals surface area contributed by atoms with Crippen LogP contribution < -0.4 is 16.6 Å². The third-order valence-electron chi connectivity index (χ3n) is 2.73. The van der Waals surface area contributed by atoms with Gasteiger partial charge in [0.15, 0.2) is 0 Å². The van der Waals surface area contributed by atoms with E-state index in [-0.39, 0.29) is 11.5 Å². The number of pyridine rings is 1. The van der Waals surface area contributed by atoms with E-state index in [1.165, 1.54) is 4.57 Å². The standard InChI is InChI=1S/C12H19N3O2/c1-9-5-4-8-15(10(9)16)12(2,3)11(17)14-7-6-13/h4-5,8H,6-7,13H2,1-3H3,(H,14,17).